The van der Waals surface area contributed by atoms with E-state index in [2.05, 4.69) is 5.32 Å². The van der Waals surface area contributed by atoms with Gasteiger partial charge in [-0.3, -0.25) is 4.79 Å². The van der Waals surface area contributed by atoms with Crippen LogP contribution in [0, 0.1) is 6.92 Å². The number of ether oxygens (including phenoxy) is 3. The summed E-state index contributed by atoms with van der Waals surface area (Å²) in [5.74, 6) is 1.75. The highest BCUT2D eigenvalue weighted by Crippen LogP contribution is 2.29. The summed E-state index contributed by atoms with van der Waals surface area (Å²) in [6.07, 6.45) is 3.21. The normalized spacial score (nSPS) is 10.6. The highest BCUT2D eigenvalue weighted by atomic mass is 16.5. The zero-order valence-electron chi connectivity index (χ0n) is 15.7. The second kappa shape index (κ2) is 9.51. The Labute approximate surface area is 154 Å². The fourth-order valence-electron chi connectivity index (χ4n) is 2.44. The fourth-order valence-corrected chi connectivity index (χ4v) is 2.44. The van der Waals surface area contributed by atoms with Crippen LogP contribution in [-0.2, 0) is 4.79 Å². The van der Waals surface area contributed by atoms with Crippen LogP contribution in [0.2, 0.25) is 0 Å². The van der Waals surface area contributed by atoms with Crippen LogP contribution in [0.15, 0.2) is 42.5 Å². The molecule has 26 heavy (non-hydrogen) atoms. The predicted octanol–water partition coefficient (Wildman–Crippen LogP) is 4.45. The van der Waals surface area contributed by atoms with Gasteiger partial charge in [-0.05, 0) is 62.2 Å². The number of amides is 1. The van der Waals surface area contributed by atoms with Gasteiger partial charge in [-0.1, -0.05) is 12.1 Å². The topological polar surface area (TPSA) is 56.8 Å². The molecule has 138 valence electrons. The molecule has 0 radical (unpaired) electrons. The molecule has 0 aliphatic carbocycles. The molecule has 0 spiro atoms. The van der Waals surface area contributed by atoms with Gasteiger partial charge in [-0.25, -0.2) is 0 Å². The molecule has 0 unspecified atom stereocenters. The van der Waals surface area contributed by atoms with E-state index in [9.17, 15) is 4.79 Å². The molecule has 5 heteroatoms. The van der Waals surface area contributed by atoms with E-state index < -0.39 is 0 Å². The average Bonchev–Trinajstić information content (AvgIpc) is 2.62. The van der Waals surface area contributed by atoms with Crippen LogP contribution in [0.25, 0.3) is 6.08 Å². The lowest BCUT2D eigenvalue weighted by Crippen LogP contribution is -2.09. The van der Waals surface area contributed by atoms with Crippen molar-refractivity contribution in [2.24, 2.45) is 0 Å². The Morgan fingerprint density at radius 1 is 1.00 bits per heavy atom. The smallest absolute Gasteiger partial charge is 0.248 e. The number of carbonyl (C=O) groups is 1. The minimum atomic E-state index is -0.235. The van der Waals surface area contributed by atoms with Gasteiger partial charge >= 0.3 is 0 Å². The molecular formula is C21H25NO4. The molecule has 0 saturated heterocycles. The molecule has 0 heterocycles. The summed E-state index contributed by atoms with van der Waals surface area (Å²) < 4.78 is 16.4. The van der Waals surface area contributed by atoms with Gasteiger partial charge in [-0.15, -0.1) is 0 Å². The summed E-state index contributed by atoms with van der Waals surface area (Å²) in [6, 6.07) is 11.2. The van der Waals surface area contributed by atoms with Crippen LogP contribution in [0.3, 0.4) is 0 Å². The summed E-state index contributed by atoms with van der Waals surface area (Å²) >= 11 is 0. The lowest BCUT2D eigenvalue weighted by Gasteiger charge is -2.11. The van der Waals surface area contributed by atoms with E-state index in [1.54, 1.807) is 13.2 Å². The van der Waals surface area contributed by atoms with Gasteiger partial charge in [0.1, 0.15) is 5.75 Å². The minimum absolute atomic E-state index is 0.235. The number of nitrogens with one attached hydrogen (secondary N) is 1. The molecule has 2 aromatic rings. The fraction of sp³-hybridized carbons (Fsp3) is 0.286. The van der Waals surface area contributed by atoms with Gasteiger partial charge in [0.05, 0.1) is 26.0 Å². The standard InChI is InChI=1S/C21H25NO4/c1-5-25-19-11-8-16(14-20(19)26-6-2)9-12-21(23)22-17-13-15(3)7-10-18(17)24-4/h7-14H,5-6H2,1-4H3,(H,22,23)/b12-9+. The number of carbonyl (C=O) groups excluding carboxylic acids is 1. The van der Waals surface area contributed by atoms with E-state index in [-0.39, 0.29) is 5.91 Å². The predicted molar refractivity (Wildman–Crippen MR) is 104 cm³/mol. The van der Waals surface area contributed by atoms with Gasteiger partial charge in [0, 0.05) is 6.08 Å². The Morgan fingerprint density at radius 2 is 1.69 bits per heavy atom. The Hall–Kier alpha value is -2.95. The maximum absolute atomic E-state index is 12.2. The van der Waals surface area contributed by atoms with Crippen LogP contribution < -0.4 is 19.5 Å². The summed E-state index contributed by atoms with van der Waals surface area (Å²) in [5.41, 5.74) is 2.53. The lowest BCUT2D eigenvalue weighted by atomic mass is 10.1. The average molecular weight is 355 g/mol. The third-order valence-electron chi connectivity index (χ3n) is 3.61. The van der Waals surface area contributed by atoms with Crippen LogP contribution in [-0.4, -0.2) is 26.2 Å². The van der Waals surface area contributed by atoms with Crippen LogP contribution in [0.5, 0.6) is 17.2 Å². The van der Waals surface area contributed by atoms with Crippen molar-refractivity contribution in [3.05, 3.63) is 53.6 Å². The number of aryl methyl sites for hydroxylation is 1. The SMILES string of the molecule is CCOc1ccc(/C=C/C(=O)Nc2cc(C)ccc2OC)cc1OCC. The van der Waals surface area contributed by atoms with Crippen molar-refractivity contribution in [3.63, 3.8) is 0 Å². The molecule has 5 nitrogen and oxygen atoms in total. The van der Waals surface area contributed by atoms with E-state index in [0.717, 1.165) is 11.1 Å². The van der Waals surface area contributed by atoms with Gasteiger partial charge in [0.25, 0.3) is 0 Å². The number of methoxy groups -OCH3 is 1. The summed E-state index contributed by atoms with van der Waals surface area (Å²) in [4.78, 5) is 12.2. The van der Waals surface area contributed by atoms with E-state index in [0.29, 0.717) is 36.1 Å². The van der Waals surface area contributed by atoms with Crippen molar-refractivity contribution >= 4 is 17.7 Å². The quantitative estimate of drug-likeness (QED) is 0.711. The highest BCUT2D eigenvalue weighted by molar-refractivity contribution is 6.02. The molecule has 1 N–H and O–H groups in total. The third kappa shape index (κ3) is 5.28. The summed E-state index contributed by atoms with van der Waals surface area (Å²) in [6.45, 7) is 6.91. The van der Waals surface area contributed by atoms with Gasteiger partial charge < -0.3 is 19.5 Å². The number of hydrogen-bond donors (Lipinski definition) is 1. The first-order valence-corrected chi connectivity index (χ1v) is 8.60. The Bertz CT molecular complexity index is 784. The van der Waals surface area contributed by atoms with Crippen molar-refractivity contribution in [3.8, 4) is 17.2 Å². The highest BCUT2D eigenvalue weighted by Gasteiger charge is 2.07. The van der Waals surface area contributed by atoms with E-state index in [1.165, 1.54) is 6.08 Å². The lowest BCUT2D eigenvalue weighted by molar-refractivity contribution is -0.111. The van der Waals surface area contributed by atoms with Crippen LogP contribution in [0.4, 0.5) is 5.69 Å². The Balaban J connectivity index is 2.12. The second-order valence-corrected chi connectivity index (χ2v) is 5.60. The summed E-state index contributed by atoms with van der Waals surface area (Å²) in [5, 5.41) is 2.84. The van der Waals surface area contributed by atoms with Crippen molar-refractivity contribution in [1.82, 2.24) is 0 Å². The number of benzene rings is 2. The van der Waals surface area contributed by atoms with Gasteiger partial charge in [0.2, 0.25) is 5.91 Å². The number of anilines is 1. The maximum Gasteiger partial charge on any atom is 0.248 e. The van der Waals surface area contributed by atoms with Crippen LogP contribution in [0.1, 0.15) is 25.0 Å². The van der Waals surface area contributed by atoms with E-state index in [1.807, 2.05) is 57.2 Å². The Kier molecular flexibility index (Phi) is 7.09. The largest absolute Gasteiger partial charge is 0.495 e. The number of hydrogen-bond acceptors (Lipinski definition) is 4. The summed E-state index contributed by atoms with van der Waals surface area (Å²) in [7, 11) is 1.57. The molecule has 2 rings (SSSR count). The zero-order chi connectivity index (χ0) is 18.9. The number of rotatable bonds is 8. The molecule has 0 aromatic heterocycles. The molecule has 1 amide bonds. The molecular weight excluding hydrogens is 330 g/mol. The zero-order valence-corrected chi connectivity index (χ0v) is 15.7. The van der Waals surface area contributed by atoms with Crippen molar-refractivity contribution in [2.45, 2.75) is 20.8 Å². The first kappa shape index (κ1) is 19.4. The monoisotopic (exact) mass is 355 g/mol. The van der Waals surface area contributed by atoms with Gasteiger partial charge in [0.15, 0.2) is 11.5 Å². The van der Waals surface area contributed by atoms with Crippen LogP contribution >= 0.6 is 0 Å². The van der Waals surface area contributed by atoms with E-state index >= 15 is 0 Å². The third-order valence-corrected chi connectivity index (χ3v) is 3.61. The van der Waals surface area contributed by atoms with Gasteiger partial charge in [-0.2, -0.15) is 0 Å². The molecule has 0 aliphatic rings. The van der Waals surface area contributed by atoms with E-state index in [4.69, 9.17) is 14.2 Å². The molecule has 0 aliphatic heterocycles. The molecule has 0 fully saturated rings. The second-order valence-electron chi connectivity index (χ2n) is 5.60. The molecule has 0 saturated carbocycles. The molecule has 2 aromatic carbocycles. The van der Waals surface area contributed by atoms with Crippen molar-refractivity contribution in [1.29, 1.82) is 0 Å². The maximum atomic E-state index is 12.2. The first-order chi connectivity index (χ1) is 12.6. The van der Waals surface area contributed by atoms with Crippen molar-refractivity contribution < 1.29 is 19.0 Å². The molecule has 0 bridgehead atoms. The first-order valence-electron chi connectivity index (χ1n) is 8.60. The Morgan fingerprint density at radius 3 is 2.38 bits per heavy atom. The van der Waals surface area contributed by atoms with Crippen molar-refractivity contribution in [2.75, 3.05) is 25.6 Å². The minimum Gasteiger partial charge on any atom is -0.495 e. The molecule has 0 atom stereocenters.